The van der Waals surface area contributed by atoms with E-state index < -0.39 is 0 Å². The average Bonchev–Trinajstić information content (AvgIpc) is 2.60. The van der Waals surface area contributed by atoms with Crippen LogP contribution in [0.2, 0.25) is 0 Å². The second-order valence-corrected chi connectivity index (χ2v) is 5.98. The summed E-state index contributed by atoms with van der Waals surface area (Å²) >= 11 is 7.72. The van der Waals surface area contributed by atoms with Crippen LogP contribution in [0, 0.1) is 7.40 Å². The smallest absolute Gasteiger partial charge is 0.152 e. The monoisotopic (exact) mass is 502 g/mol. The lowest BCUT2D eigenvalue weighted by atomic mass is 10.2. The molecule has 6 heteroatoms. The lowest BCUT2D eigenvalue weighted by Gasteiger charge is -2.07. The fraction of sp³-hybridized carbons (Fsp3) is 0. The minimum atomic E-state index is 0.640. The van der Waals surface area contributed by atoms with Crippen LogP contribution >= 0.6 is 61.1 Å². The summed E-state index contributed by atoms with van der Waals surface area (Å²) < 4.78 is 4.73. The molecular formula is C10H5BrI2N2O. The van der Waals surface area contributed by atoms with E-state index in [4.69, 9.17) is 0 Å². The van der Waals surface area contributed by atoms with E-state index in [1.807, 2.05) is 16.7 Å². The molecule has 1 aromatic carbocycles. The van der Waals surface area contributed by atoms with Crippen molar-refractivity contribution in [2.24, 2.45) is 0 Å². The fourth-order valence-electron chi connectivity index (χ4n) is 1.32. The molecule has 1 aromatic heterocycles. The first-order valence-corrected chi connectivity index (χ1v) is 7.22. The van der Waals surface area contributed by atoms with Crippen LogP contribution in [0.5, 0.6) is 0 Å². The van der Waals surface area contributed by atoms with Gasteiger partial charge >= 0.3 is 0 Å². The third kappa shape index (κ3) is 2.33. The van der Waals surface area contributed by atoms with E-state index >= 15 is 0 Å². The molecule has 0 aliphatic heterocycles. The van der Waals surface area contributed by atoms with E-state index in [-0.39, 0.29) is 0 Å². The van der Waals surface area contributed by atoms with Crippen molar-refractivity contribution < 1.29 is 4.79 Å². The number of carbonyl (C=O) groups excluding carboxylic acids is 1. The average molecular weight is 503 g/mol. The summed E-state index contributed by atoms with van der Waals surface area (Å²) in [4.78, 5) is 15.2. The highest BCUT2D eigenvalue weighted by Crippen LogP contribution is 2.23. The summed E-state index contributed by atoms with van der Waals surface area (Å²) in [5.74, 6) is 0. The molecule has 16 heavy (non-hydrogen) atoms. The Morgan fingerprint density at radius 2 is 2.12 bits per heavy atom. The van der Waals surface area contributed by atoms with E-state index in [2.05, 4.69) is 66.1 Å². The summed E-state index contributed by atoms with van der Waals surface area (Å²) in [6, 6.07) is 5.60. The molecule has 1 heterocycles. The number of rotatable bonds is 2. The molecule has 0 saturated carbocycles. The fourth-order valence-corrected chi connectivity index (χ4v) is 2.61. The molecule has 0 bridgehead atoms. The lowest BCUT2D eigenvalue weighted by Crippen LogP contribution is -2.00. The van der Waals surface area contributed by atoms with Crippen molar-refractivity contribution >= 4 is 67.4 Å². The van der Waals surface area contributed by atoms with Crippen LogP contribution in [0.15, 0.2) is 29.0 Å². The Morgan fingerprint density at radius 1 is 1.38 bits per heavy atom. The van der Waals surface area contributed by atoms with Crippen molar-refractivity contribution in [2.45, 2.75) is 0 Å². The number of hydrogen-bond acceptors (Lipinski definition) is 2. The van der Waals surface area contributed by atoms with Gasteiger partial charge in [-0.25, -0.2) is 4.98 Å². The van der Waals surface area contributed by atoms with Gasteiger partial charge in [0, 0.05) is 10.0 Å². The van der Waals surface area contributed by atoms with Crippen molar-refractivity contribution in [3.05, 3.63) is 42.0 Å². The third-order valence-electron chi connectivity index (χ3n) is 2.04. The molecule has 0 unspecified atom stereocenters. The predicted molar refractivity (Wildman–Crippen MR) is 82.1 cm³/mol. The maximum atomic E-state index is 11.0. The highest BCUT2D eigenvalue weighted by molar-refractivity contribution is 14.1. The Labute approximate surface area is 128 Å². The lowest BCUT2D eigenvalue weighted by molar-refractivity contribution is 0.112. The van der Waals surface area contributed by atoms with E-state index in [0.29, 0.717) is 5.56 Å². The maximum absolute atomic E-state index is 11.0. The van der Waals surface area contributed by atoms with E-state index in [9.17, 15) is 4.79 Å². The minimum absolute atomic E-state index is 0.640. The molecule has 2 rings (SSSR count). The Hall–Kier alpha value is 0.0400. The molecule has 2 aromatic rings. The molecule has 0 fully saturated rings. The molecule has 0 saturated heterocycles. The van der Waals surface area contributed by atoms with Crippen LogP contribution in [-0.4, -0.2) is 15.8 Å². The minimum Gasteiger partial charge on any atom is -0.298 e. The SMILES string of the molecule is O=Cc1cc(Br)ccc1-n1cnc(I)c1I. The van der Waals surface area contributed by atoms with Crippen molar-refractivity contribution in [1.82, 2.24) is 9.55 Å². The first-order chi connectivity index (χ1) is 7.63. The number of nitrogens with zero attached hydrogens (tertiary/aromatic N) is 2. The number of halogens is 3. The van der Waals surface area contributed by atoms with Crippen molar-refractivity contribution in [2.75, 3.05) is 0 Å². The van der Waals surface area contributed by atoms with Gasteiger partial charge in [0.25, 0.3) is 0 Å². The number of aldehydes is 1. The van der Waals surface area contributed by atoms with Crippen LogP contribution in [-0.2, 0) is 0 Å². The zero-order valence-corrected chi connectivity index (χ0v) is 13.7. The Balaban J connectivity index is 2.64. The van der Waals surface area contributed by atoms with Crippen molar-refractivity contribution in [3.8, 4) is 5.69 Å². The summed E-state index contributed by atoms with van der Waals surface area (Å²) in [5.41, 5.74) is 1.49. The van der Waals surface area contributed by atoms with Gasteiger partial charge in [0.2, 0.25) is 0 Å². The predicted octanol–water partition coefficient (Wildman–Crippen LogP) is 3.66. The molecule has 0 aliphatic rings. The van der Waals surface area contributed by atoms with Crippen molar-refractivity contribution in [3.63, 3.8) is 0 Å². The van der Waals surface area contributed by atoms with Crippen LogP contribution in [0.4, 0.5) is 0 Å². The number of benzene rings is 1. The molecule has 0 atom stereocenters. The number of carbonyl (C=O) groups is 1. The summed E-state index contributed by atoms with van der Waals surface area (Å²) in [6.07, 6.45) is 2.57. The Morgan fingerprint density at radius 3 is 2.69 bits per heavy atom. The van der Waals surface area contributed by atoms with Crippen LogP contribution in [0.3, 0.4) is 0 Å². The molecular weight excluding hydrogens is 498 g/mol. The molecule has 82 valence electrons. The van der Waals surface area contributed by atoms with Gasteiger partial charge in [-0.2, -0.15) is 0 Å². The van der Waals surface area contributed by atoms with Gasteiger partial charge in [-0.1, -0.05) is 15.9 Å². The van der Waals surface area contributed by atoms with Gasteiger partial charge in [-0.15, -0.1) is 0 Å². The number of aromatic nitrogens is 2. The van der Waals surface area contributed by atoms with Gasteiger partial charge < -0.3 is 0 Å². The molecule has 3 nitrogen and oxygen atoms in total. The highest BCUT2D eigenvalue weighted by atomic mass is 127. The Kier molecular flexibility index (Phi) is 4.01. The van der Waals surface area contributed by atoms with Crippen LogP contribution in [0.1, 0.15) is 10.4 Å². The number of hydrogen-bond donors (Lipinski definition) is 0. The maximum Gasteiger partial charge on any atom is 0.152 e. The zero-order valence-electron chi connectivity index (χ0n) is 7.82. The second-order valence-electron chi connectivity index (χ2n) is 3.02. The molecule has 0 aliphatic carbocycles. The van der Waals surface area contributed by atoms with E-state index in [1.165, 1.54) is 0 Å². The number of imidazole rings is 1. The van der Waals surface area contributed by atoms with Gasteiger partial charge in [0.1, 0.15) is 13.7 Å². The first-order valence-electron chi connectivity index (χ1n) is 4.27. The molecule has 0 amide bonds. The zero-order chi connectivity index (χ0) is 11.7. The second kappa shape index (κ2) is 5.13. The quantitative estimate of drug-likeness (QED) is 0.464. The largest absolute Gasteiger partial charge is 0.298 e. The third-order valence-corrected chi connectivity index (χ3v) is 5.39. The molecule has 0 spiro atoms. The van der Waals surface area contributed by atoms with Crippen LogP contribution < -0.4 is 0 Å². The summed E-state index contributed by atoms with van der Waals surface area (Å²) in [6.45, 7) is 0. The summed E-state index contributed by atoms with van der Waals surface area (Å²) in [7, 11) is 0. The Bertz CT molecular complexity index is 554. The van der Waals surface area contributed by atoms with Gasteiger partial charge in [0.05, 0.1) is 5.69 Å². The van der Waals surface area contributed by atoms with E-state index in [0.717, 1.165) is 23.8 Å². The standard InChI is InChI=1S/C10H5BrI2N2O/c11-7-1-2-8(6(3-7)4-16)15-5-14-9(12)10(15)13/h1-5H. The normalized spacial score (nSPS) is 10.4. The van der Waals surface area contributed by atoms with Gasteiger partial charge in [-0.05, 0) is 63.4 Å². The molecule has 0 N–H and O–H groups in total. The van der Waals surface area contributed by atoms with Gasteiger partial charge in [0.15, 0.2) is 6.29 Å². The van der Waals surface area contributed by atoms with E-state index in [1.54, 1.807) is 12.4 Å². The topological polar surface area (TPSA) is 34.9 Å². The summed E-state index contributed by atoms with van der Waals surface area (Å²) in [5, 5.41) is 0. The highest BCUT2D eigenvalue weighted by Gasteiger charge is 2.10. The van der Waals surface area contributed by atoms with Crippen LogP contribution in [0.25, 0.3) is 5.69 Å². The first kappa shape index (κ1) is 12.5. The molecule has 0 radical (unpaired) electrons. The van der Waals surface area contributed by atoms with Crippen molar-refractivity contribution in [1.29, 1.82) is 0 Å². The van der Waals surface area contributed by atoms with Gasteiger partial charge in [-0.3, -0.25) is 9.36 Å².